The van der Waals surface area contributed by atoms with Gasteiger partial charge in [0.2, 0.25) is 11.8 Å². The maximum absolute atomic E-state index is 12.8. The van der Waals surface area contributed by atoms with Gasteiger partial charge in [0.1, 0.15) is 6.04 Å². The Labute approximate surface area is 185 Å². The Kier molecular flexibility index (Phi) is 6.16. The van der Waals surface area contributed by atoms with E-state index in [0.717, 1.165) is 0 Å². The minimum Gasteiger partial charge on any atom is -0.346 e. The number of rotatable bonds is 7. The average molecular weight is 435 g/mol. The van der Waals surface area contributed by atoms with Gasteiger partial charge in [0, 0.05) is 12.6 Å². The van der Waals surface area contributed by atoms with Crippen molar-refractivity contribution in [3.05, 3.63) is 60.0 Å². The molecule has 3 heterocycles. The topological polar surface area (TPSA) is 117 Å². The lowest BCUT2D eigenvalue weighted by molar-refractivity contribution is -0.122. The van der Waals surface area contributed by atoms with Crippen LogP contribution in [0.25, 0.3) is 5.65 Å². The van der Waals surface area contributed by atoms with E-state index in [4.69, 9.17) is 0 Å². The molecule has 3 aromatic rings. The summed E-state index contributed by atoms with van der Waals surface area (Å²) in [6, 6.07) is 11.3. The number of amides is 3. The SMILES string of the molecule is CC(C)C[C@@H](NC(=O)CC[C@@H]1NC(=O)c2ccccc2NC1=O)c1nnc2ccccn12. The van der Waals surface area contributed by atoms with E-state index in [2.05, 4.69) is 40.0 Å². The van der Waals surface area contributed by atoms with Gasteiger partial charge in [-0.05, 0) is 43.0 Å². The normalized spacial score (nSPS) is 16.8. The molecule has 9 heteroatoms. The molecule has 1 aromatic carbocycles. The molecule has 0 radical (unpaired) electrons. The number of aromatic nitrogens is 3. The summed E-state index contributed by atoms with van der Waals surface area (Å²) in [5.41, 5.74) is 1.59. The standard InChI is InChI=1S/C23H26N6O3/c1-14(2)13-18(21-28-27-19-9-5-6-12-29(19)21)24-20(30)11-10-17-23(32)25-16-8-4-3-7-15(16)22(31)26-17/h3-9,12,14,17-18H,10-11,13H2,1-2H3,(H,24,30)(H,25,32)(H,26,31)/t17-,18+/m0/s1. The second-order valence-corrected chi connectivity index (χ2v) is 8.34. The first kappa shape index (κ1) is 21.5. The van der Waals surface area contributed by atoms with Crippen LogP contribution in [0.5, 0.6) is 0 Å². The molecule has 3 amide bonds. The zero-order valence-electron chi connectivity index (χ0n) is 18.0. The van der Waals surface area contributed by atoms with E-state index >= 15 is 0 Å². The Morgan fingerprint density at radius 3 is 2.72 bits per heavy atom. The molecule has 1 aliphatic heterocycles. The predicted octanol–water partition coefficient (Wildman–Crippen LogP) is 2.46. The molecule has 9 nitrogen and oxygen atoms in total. The van der Waals surface area contributed by atoms with Gasteiger partial charge in [-0.1, -0.05) is 32.0 Å². The quantitative estimate of drug-likeness (QED) is 0.528. The lowest BCUT2D eigenvalue weighted by atomic mass is 10.0. The first-order valence-electron chi connectivity index (χ1n) is 10.7. The van der Waals surface area contributed by atoms with Crippen molar-refractivity contribution < 1.29 is 14.4 Å². The van der Waals surface area contributed by atoms with Gasteiger partial charge in [0.15, 0.2) is 11.5 Å². The Balaban J connectivity index is 1.43. The number of para-hydroxylation sites is 1. The molecule has 32 heavy (non-hydrogen) atoms. The molecule has 0 fully saturated rings. The largest absolute Gasteiger partial charge is 0.346 e. The Bertz CT molecular complexity index is 1160. The summed E-state index contributed by atoms with van der Waals surface area (Å²) >= 11 is 0. The van der Waals surface area contributed by atoms with E-state index in [-0.39, 0.29) is 36.6 Å². The smallest absolute Gasteiger partial charge is 0.254 e. The van der Waals surface area contributed by atoms with Crippen LogP contribution in [0.3, 0.4) is 0 Å². The van der Waals surface area contributed by atoms with Gasteiger partial charge in [-0.15, -0.1) is 10.2 Å². The molecule has 0 bridgehead atoms. The Hall–Kier alpha value is -3.75. The number of hydrogen-bond acceptors (Lipinski definition) is 5. The molecule has 2 atom stereocenters. The van der Waals surface area contributed by atoms with E-state index in [1.54, 1.807) is 24.3 Å². The van der Waals surface area contributed by atoms with Gasteiger partial charge in [0.05, 0.1) is 17.3 Å². The predicted molar refractivity (Wildman–Crippen MR) is 119 cm³/mol. The van der Waals surface area contributed by atoms with Crippen molar-refractivity contribution in [3.63, 3.8) is 0 Å². The third-order valence-corrected chi connectivity index (χ3v) is 5.41. The molecule has 0 saturated heterocycles. The number of hydrogen-bond donors (Lipinski definition) is 3. The van der Waals surface area contributed by atoms with Crippen LogP contribution in [0.4, 0.5) is 5.69 Å². The second-order valence-electron chi connectivity index (χ2n) is 8.34. The fraction of sp³-hybridized carbons (Fsp3) is 0.348. The number of fused-ring (bicyclic) bond motifs is 2. The summed E-state index contributed by atoms with van der Waals surface area (Å²) in [6.45, 7) is 4.15. The monoisotopic (exact) mass is 434 g/mol. The fourth-order valence-corrected chi connectivity index (χ4v) is 3.85. The number of carbonyl (C=O) groups excluding carboxylic acids is 3. The number of carbonyl (C=O) groups is 3. The summed E-state index contributed by atoms with van der Waals surface area (Å²) in [4.78, 5) is 37.8. The first-order chi connectivity index (χ1) is 15.4. The lowest BCUT2D eigenvalue weighted by Crippen LogP contribution is -2.42. The van der Waals surface area contributed by atoms with Gasteiger partial charge in [-0.2, -0.15) is 0 Å². The number of nitrogens with zero attached hydrogens (tertiary/aromatic N) is 3. The highest BCUT2D eigenvalue weighted by Crippen LogP contribution is 2.22. The van der Waals surface area contributed by atoms with Crippen LogP contribution < -0.4 is 16.0 Å². The van der Waals surface area contributed by atoms with Crippen LogP contribution >= 0.6 is 0 Å². The summed E-state index contributed by atoms with van der Waals surface area (Å²) in [7, 11) is 0. The Morgan fingerprint density at radius 2 is 1.91 bits per heavy atom. The zero-order valence-corrected chi connectivity index (χ0v) is 18.0. The molecule has 0 aliphatic carbocycles. The van der Waals surface area contributed by atoms with Gasteiger partial charge in [0.25, 0.3) is 5.91 Å². The van der Waals surface area contributed by atoms with Crippen molar-refractivity contribution in [3.8, 4) is 0 Å². The van der Waals surface area contributed by atoms with Crippen LogP contribution in [-0.4, -0.2) is 38.4 Å². The van der Waals surface area contributed by atoms with Gasteiger partial charge in [-0.25, -0.2) is 0 Å². The van der Waals surface area contributed by atoms with E-state index in [0.29, 0.717) is 35.1 Å². The number of pyridine rings is 1. The van der Waals surface area contributed by atoms with Crippen LogP contribution in [-0.2, 0) is 9.59 Å². The maximum atomic E-state index is 12.8. The van der Waals surface area contributed by atoms with E-state index in [1.807, 2.05) is 28.8 Å². The van der Waals surface area contributed by atoms with Gasteiger partial charge in [-0.3, -0.25) is 18.8 Å². The van der Waals surface area contributed by atoms with Gasteiger partial charge >= 0.3 is 0 Å². The Morgan fingerprint density at radius 1 is 1.12 bits per heavy atom. The van der Waals surface area contributed by atoms with E-state index in [1.165, 1.54) is 0 Å². The van der Waals surface area contributed by atoms with E-state index < -0.39 is 6.04 Å². The molecule has 2 aromatic heterocycles. The second kappa shape index (κ2) is 9.17. The number of nitrogens with one attached hydrogen (secondary N) is 3. The highest BCUT2D eigenvalue weighted by Gasteiger charge is 2.28. The third-order valence-electron chi connectivity index (χ3n) is 5.41. The summed E-state index contributed by atoms with van der Waals surface area (Å²) < 4.78 is 1.86. The molecule has 0 saturated carbocycles. The van der Waals surface area contributed by atoms with Gasteiger partial charge < -0.3 is 16.0 Å². The lowest BCUT2D eigenvalue weighted by Gasteiger charge is -2.20. The van der Waals surface area contributed by atoms with Crippen molar-refractivity contribution in [1.82, 2.24) is 25.2 Å². The number of benzene rings is 1. The summed E-state index contributed by atoms with van der Waals surface area (Å²) in [5.74, 6) is 0.0998. The molecule has 3 N–H and O–H groups in total. The molecule has 0 spiro atoms. The van der Waals surface area contributed by atoms with Crippen LogP contribution in [0, 0.1) is 5.92 Å². The van der Waals surface area contributed by atoms with E-state index in [9.17, 15) is 14.4 Å². The molecule has 166 valence electrons. The van der Waals surface area contributed by atoms with Crippen molar-refractivity contribution in [1.29, 1.82) is 0 Å². The molecular formula is C23H26N6O3. The zero-order chi connectivity index (χ0) is 22.7. The maximum Gasteiger partial charge on any atom is 0.254 e. The minimum atomic E-state index is -0.793. The summed E-state index contributed by atoms with van der Waals surface area (Å²) in [5, 5.41) is 17.0. The highest BCUT2D eigenvalue weighted by molar-refractivity contribution is 6.09. The molecule has 4 rings (SSSR count). The average Bonchev–Trinajstić information content (AvgIpc) is 3.15. The van der Waals surface area contributed by atoms with Crippen molar-refractivity contribution in [2.24, 2.45) is 5.92 Å². The molecule has 1 aliphatic rings. The summed E-state index contributed by atoms with van der Waals surface area (Å²) in [6.07, 6.45) is 2.83. The van der Waals surface area contributed by atoms with Crippen molar-refractivity contribution in [2.75, 3.05) is 5.32 Å². The highest BCUT2D eigenvalue weighted by atomic mass is 16.2. The van der Waals surface area contributed by atoms with Crippen LogP contribution in [0.1, 0.15) is 55.3 Å². The van der Waals surface area contributed by atoms with Crippen LogP contribution in [0.15, 0.2) is 48.7 Å². The van der Waals surface area contributed by atoms with Crippen molar-refractivity contribution >= 4 is 29.1 Å². The minimum absolute atomic E-state index is 0.0834. The van der Waals surface area contributed by atoms with Crippen molar-refractivity contribution in [2.45, 2.75) is 45.2 Å². The van der Waals surface area contributed by atoms with Crippen LogP contribution in [0.2, 0.25) is 0 Å². The number of anilines is 1. The molecular weight excluding hydrogens is 408 g/mol. The third kappa shape index (κ3) is 4.61. The molecule has 0 unspecified atom stereocenters. The first-order valence-corrected chi connectivity index (χ1v) is 10.7. The fourth-order valence-electron chi connectivity index (χ4n) is 3.85.